The molecular weight excluding hydrogens is 316 g/mol. The van der Waals surface area contributed by atoms with Gasteiger partial charge in [-0.15, -0.1) is 0 Å². The smallest absolute Gasteiger partial charge is 0.317 e. The zero-order valence-electron chi connectivity index (χ0n) is 12.9. The van der Waals surface area contributed by atoms with Crippen molar-refractivity contribution in [1.82, 2.24) is 20.2 Å². The van der Waals surface area contributed by atoms with Crippen molar-refractivity contribution in [2.75, 3.05) is 26.2 Å². The maximum absolute atomic E-state index is 12.2. The first kappa shape index (κ1) is 16.1. The van der Waals surface area contributed by atoms with Crippen LogP contribution in [0, 0.1) is 5.92 Å². The Labute approximate surface area is 139 Å². The van der Waals surface area contributed by atoms with Gasteiger partial charge in [0, 0.05) is 37.7 Å². The fourth-order valence-electron chi connectivity index (χ4n) is 2.95. The molecule has 1 fully saturated rings. The summed E-state index contributed by atoms with van der Waals surface area (Å²) in [7, 11) is 0. The van der Waals surface area contributed by atoms with Crippen LogP contribution >= 0.6 is 11.6 Å². The van der Waals surface area contributed by atoms with Crippen LogP contribution in [0.2, 0.25) is 5.02 Å². The molecule has 2 heterocycles. The van der Waals surface area contributed by atoms with E-state index in [0.717, 1.165) is 36.2 Å². The van der Waals surface area contributed by atoms with E-state index >= 15 is 0 Å². The molecule has 3 N–H and O–H groups in total. The van der Waals surface area contributed by atoms with Crippen LogP contribution in [0.4, 0.5) is 4.79 Å². The predicted molar refractivity (Wildman–Crippen MR) is 89.6 cm³/mol. The number of aromatic nitrogens is 2. The van der Waals surface area contributed by atoms with Gasteiger partial charge in [0.25, 0.3) is 0 Å². The second-order valence-corrected chi connectivity index (χ2v) is 6.40. The standard InChI is InChI=1S/C16H21ClN4O2/c17-12-3-4-13-14(8-12)20-15(19-13)5-6-18-16(23)21-7-1-2-11(9-21)10-22/h3-4,8,11,22H,1-2,5-7,9-10H2,(H,18,23)(H,19,20)/t11-/m1/s1. The van der Waals surface area contributed by atoms with Gasteiger partial charge in [-0.05, 0) is 37.0 Å². The van der Waals surface area contributed by atoms with Crippen LogP contribution in [-0.2, 0) is 6.42 Å². The van der Waals surface area contributed by atoms with Crippen molar-refractivity contribution in [2.24, 2.45) is 5.92 Å². The molecule has 1 aliphatic rings. The second kappa shape index (κ2) is 7.19. The van der Waals surface area contributed by atoms with E-state index < -0.39 is 0 Å². The number of urea groups is 1. The van der Waals surface area contributed by atoms with E-state index in [1.54, 1.807) is 4.90 Å². The third-order valence-corrected chi connectivity index (χ3v) is 4.43. The number of aliphatic hydroxyl groups is 1. The molecule has 23 heavy (non-hydrogen) atoms. The Hall–Kier alpha value is -1.79. The van der Waals surface area contributed by atoms with Gasteiger partial charge in [0.05, 0.1) is 11.0 Å². The van der Waals surface area contributed by atoms with E-state index in [0.29, 0.717) is 24.5 Å². The average molecular weight is 337 g/mol. The highest BCUT2D eigenvalue weighted by atomic mass is 35.5. The van der Waals surface area contributed by atoms with Crippen molar-refractivity contribution in [1.29, 1.82) is 0 Å². The van der Waals surface area contributed by atoms with Gasteiger partial charge in [-0.1, -0.05) is 11.6 Å². The van der Waals surface area contributed by atoms with Gasteiger partial charge in [0.15, 0.2) is 0 Å². The molecule has 3 rings (SSSR count). The SMILES string of the molecule is O=C(NCCc1nc2ccc(Cl)cc2[nH]1)N1CCC[C@@H](CO)C1. The van der Waals surface area contributed by atoms with E-state index in [-0.39, 0.29) is 18.6 Å². The average Bonchev–Trinajstić information content (AvgIpc) is 2.96. The van der Waals surface area contributed by atoms with E-state index in [9.17, 15) is 9.90 Å². The van der Waals surface area contributed by atoms with Gasteiger partial charge in [0.2, 0.25) is 0 Å². The van der Waals surface area contributed by atoms with Crippen LogP contribution in [0.5, 0.6) is 0 Å². The third-order valence-electron chi connectivity index (χ3n) is 4.20. The number of imidazole rings is 1. The molecule has 1 aromatic carbocycles. The topological polar surface area (TPSA) is 81.2 Å². The lowest BCUT2D eigenvalue weighted by atomic mass is 9.99. The minimum absolute atomic E-state index is 0.0673. The van der Waals surface area contributed by atoms with Crippen LogP contribution in [0.15, 0.2) is 18.2 Å². The lowest BCUT2D eigenvalue weighted by molar-refractivity contribution is 0.129. The molecule has 1 aromatic heterocycles. The quantitative estimate of drug-likeness (QED) is 0.800. The first-order valence-electron chi connectivity index (χ1n) is 7.93. The number of piperidine rings is 1. The number of hydrogen-bond acceptors (Lipinski definition) is 3. The summed E-state index contributed by atoms with van der Waals surface area (Å²) in [6, 6.07) is 5.46. The number of nitrogens with one attached hydrogen (secondary N) is 2. The molecule has 1 aliphatic heterocycles. The van der Waals surface area contributed by atoms with Gasteiger partial charge in [0.1, 0.15) is 5.82 Å². The number of fused-ring (bicyclic) bond motifs is 1. The molecule has 2 amide bonds. The number of halogens is 1. The number of hydrogen-bond donors (Lipinski definition) is 3. The van der Waals surface area contributed by atoms with Gasteiger partial charge >= 0.3 is 6.03 Å². The number of aliphatic hydroxyl groups excluding tert-OH is 1. The summed E-state index contributed by atoms with van der Waals surface area (Å²) < 4.78 is 0. The summed E-state index contributed by atoms with van der Waals surface area (Å²) in [5.41, 5.74) is 1.78. The number of aromatic amines is 1. The highest BCUT2D eigenvalue weighted by Crippen LogP contribution is 2.17. The van der Waals surface area contributed by atoms with E-state index in [4.69, 9.17) is 11.6 Å². The largest absolute Gasteiger partial charge is 0.396 e. The minimum Gasteiger partial charge on any atom is -0.396 e. The minimum atomic E-state index is -0.0673. The highest BCUT2D eigenvalue weighted by molar-refractivity contribution is 6.31. The number of benzene rings is 1. The van der Waals surface area contributed by atoms with Crippen LogP contribution in [0.25, 0.3) is 11.0 Å². The van der Waals surface area contributed by atoms with E-state index in [1.165, 1.54) is 0 Å². The Kier molecular flexibility index (Phi) is 5.03. The number of carbonyl (C=O) groups excluding carboxylic acids is 1. The second-order valence-electron chi connectivity index (χ2n) is 5.96. The molecule has 6 nitrogen and oxygen atoms in total. The number of rotatable bonds is 4. The summed E-state index contributed by atoms with van der Waals surface area (Å²) in [5.74, 6) is 1.03. The summed E-state index contributed by atoms with van der Waals surface area (Å²) in [5, 5.41) is 12.8. The molecule has 0 saturated carbocycles. The monoisotopic (exact) mass is 336 g/mol. The number of likely N-dealkylation sites (tertiary alicyclic amines) is 1. The fraction of sp³-hybridized carbons (Fsp3) is 0.500. The molecule has 2 aromatic rings. The summed E-state index contributed by atoms with van der Waals surface area (Å²) in [6.45, 7) is 2.05. The zero-order valence-corrected chi connectivity index (χ0v) is 13.6. The molecule has 0 aliphatic carbocycles. The molecule has 1 saturated heterocycles. The summed E-state index contributed by atoms with van der Waals surface area (Å²) in [6.07, 6.45) is 2.57. The van der Waals surface area contributed by atoms with Gasteiger partial charge in [-0.3, -0.25) is 0 Å². The zero-order chi connectivity index (χ0) is 16.2. The number of H-pyrrole nitrogens is 1. The summed E-state index contributed by atoms with van der Waals surface area (Å²) >= 11 is 5.96. The Morgan fingerprint density at radius 1 is 1.52 bits per heavy atom. The Morgan fingerprint density at radius 3 is 3.22 bits per heavy atom. The normalized spacial score (nSPS) is 18.3. The Morgan fingerprint density at radius 2 is 2.39 bits per heavy atom. The van der Waals surface area contributed by atoms with Crippen LogP contribution < -0.4 is 5.32 Å². The van der Waals surface area contributed by atoms with Gasteiger partial charge in [-0.25, -0.2) is 9.78 Å². The lowest BCUT2D eigenvalue weighted by Crippen LogP contribution is -2.46. The number of carbonyl (C=O) groups is 1. The van der Waals surface area contributed by atoms with Crippen molar-refractivity contribution in [3.8, 4) is 0 Å². The van der Waals surface area contributed by atoms with Crippen molar-refractivity contribution in [2.45, 2.75) is 19.3 Å². The van der Waals surface area contributed by atoms with Crippen LogP contribution in [0.3, 0.4) is 0 Å². The molecule has 124 valence electrons. The Bertz CT molecular complexity index is 688. The molecule has 0 radical (unpaired) electrons. The van der Waals surface area contributed by atoms with Crippen molar-refractivity contribution in [3.05, 3.63) is 29.0 Å². The maximum atomic E-state index is 12.2. The number of amides is 2. The predicted octanol–water partition coefficient (Wildman–Crippen LogP) is 2.17. The molecule has 0 unspecified atom stereocenters. The number of nitrogens with zero attached hydrogens (tertiary/aromatic N) is 2. The van der Waals surface area contributed by atoms with Crippen molar-refractivity contribution < 1.29 is 9.90 Å². The first-order chi connectivity index (χ1) is 11.2. The van der Waals surface area contributed by atoms with Crippen LogP contribution in [0.1, 0.15) is 18.7 Å². The van der Waals surface area contributed by atoms with Gasteiger partial charge < -0.3 is 20.3 Å². The van der Waals surface area contributed by atoms with Crippen molar-refractivity contribution >= 4 is 28.7 Å². The third kappa shape index (κ3) is 3.95. The molecule has 1 atom stereocenters. The Balaban J connectivity index is 1.51. The molecule has 7 heteroatoms. The highest BCUT2D eigenvalue weighted by Gasteiger charge is 2.22. The van der Waals surface area contributed by atoms with Crippen molar-refractivity contribution in [3.63, 3.8) is 0 Å². The first-order valence-corrected chi connectivity index (χ1v) is 8.31. The molecule has 0 bridgehead atoms. The van der Waals surface area contributed by atoms with E-state index in [2.05, 4.69) is 15.3 Å². The van der Waals surface area contributed by atoms with Crippen LogP contribution in [-0.4, -0.2) is 52.2 Å². The molecular formula is C16H21ClN4O2. The van der Waals surface area contributed by atoms with Gasteiger partial charge in [-0.2, -0.15) is 0 Å². The summed E-state index contributed by atoms with van der Waals surface area (Å²) in [4.78, 5) is 21.6. The maximum Gasteiger partial charge on any atom is 0.317 e. The fourth-order valence-corrected chi connectivity index (χ4v) is 3.12. The molecule has 0 spiro atoms. The van der Waals surface area contributed by atoms with E-state index in [1.807, 2.05) is 18.2 Å². The lowest BCUT2D eigenvalue weighted by Gasteiger charge is -2.31.